The number of furan rings is 1. The largest absolute Gasteiger partial charge is 0.478 e. The number of carboxylic acids is 1. The first-order valence-corrected chi connectivity index (χ1v) is 5.63. The first-order chi connectivity index (χ1) is 8.50. The Hall–Kier alpha value is -1.78. The van der Waals surface area contributed by atoms with Gasteiger partial charge < -0.3 is 14.6 Å². The summed E-state index contributed by atoms with van der Waals surface area (Å²) in [6.07, 6.45) is 0.121. The summed E-state index contributed by atoms with van der Waals surface area (Å²) in [5, 5.41) is 19.7. The molecule has 0 spiro atoms. The first-order valence-electron chi connectivity index (χ1n) is 5.25. The minimum atomic E-state index is -1.13. The SMILES string of the molecule is Cc1cc(Cl)ccc1C(O)c1occc1C(=O)O. The highest BCUT2D eigenvalue weighted by Gasteiger charge is 2.23. The Labute approximate surface area is 108 Å². The van der Waals surface area contributed by atoms with Crippen LogP contribution in [0.1, 0.15) is 33.3 Å². The van der Waals surface area contributed by atoms with Gasteiger partial charge in [-0.05, 0) is 36.2 Å². The standard InChI is InChI=1S/C13H11ClO4/c1-7-6-8(14)2-3-9(7)11(15)12-10(13(16)17)4-5-18-12/h2-6,11,15H,1H3,(H,16,17). The van der Waals surface area contributed by atoms with Crippen molar-refractivity contribution in [1.82, 2.24) is 0 Å². The maximum Gasteiger partial charge on any atom is 0.339 e. The number of hydrogen-bond acceptors (Lipinski definition) is 3. The van der Waals surface area contributed by atoms with Crippen molar-refractivity contribution in [3.8, 4) is 0 Å². The van der Waals surface area contributed by atoms with Crippen LogP contribution in [0.25, 0.3) is 0 Å². The van der Waals surface area contributed by atoms with Gasteiger partial charge in [0.05, 0.1) is 6.26 Å². The van der Waals surface area contributed by atoms with Crippen molar-refractivity contribution in [1.29, 1.82) is 0 Å². The molecule has 4 nitrogen and oxygen atoms in total. The molecule has 1 aromatic heterocycles. The van der Waals surface area contributed by atoms with Gasteiger partial charge in [-0.3, -0.25) is 0 Å². The lowest BCUT2D eigenvalue weighted by Gasteiger charge is -2.12. The summed E-state index contributed by atoms with van der Waals surface area (Å²) in [5.41, 5.74) is 1.29. The molecule has 2 N–H and O–H groups in total. The zero-order chi connectivity index (χ0) is 13.3. The predicted octanol–water partition coefficient (Wildman–Crippen LogP) is 3.02. The lowest BCUT2D eigenvalue weighted by Crippen LogP contribution is -2.06. The summed E-state index contributed by atoms with van der Waals surface area (Å²) in [6, 6.07) is 6.29. The van der Waals surface area contributed by atoms with Crippen molar-refractivity contribution in [2.45, 2.75) is 13.0 Å². The zero-order valence-corrected chi connectivity index (χ0v) is 10.3. The number of aromatic carboxylic acids is 1. The molecule has 0 aliphatic heterocycles. The number of carboxylic acid groups (broad SMARTS) is 1. The van der Waals surface area contributed by atoms with E-state index in [4.69, 9.17) is 21.1 Å². The quantitative estimate of drug-likeness (QED) is 0.896. The third kappa shape index (κ3) is 2.25. The second-order valence-electron chi connectivity index (χ2n) is 3.91. The van der Waals surface area contributed by atoms with Crippen LogP contribution in [-0.2, 0) is 0 Å². The van der Waals surface area contributed by atoms with Crippen LogP contribution < -0.4 is 0 Å². The van der Waals surface area contributed by atoms with Gasteiger partial charge in [-0.2, -0.15) is 0 Å². The van der Waals surface area contributed by atoms with E-state index in [1.54, 1.807) is 25.1 Å². The fraction of sp³-hybridized carbons (Fsp3) is 0.154. The molecule has 2 rings (SSSR count). The van der Waals surface area contributed by atoms with E-state index in [0.29, 0.717) is 10.6 Å². The number of carbonyl (C=O) groups is 1. The van der Waals surface area contributed by atoms with Crippen LogP contribution in [0, 0.1) is 6.92 Å². The van der Waals surface area contributed by atoms with Gasteiger partial charge in [-0.1, -0.05) is 17.7 Å². The van der Waals surface area contributed by atoms with Crippen LogP contribution in [0.2, 0.25) is 5.02 Å². The van der Waals surface area contributed by atoms with E-state index in [2.05, 4.69) is 0 Å². The highest BCUT2D eigenvalue weighted by Crippen LogP contribution is 2.29. The smallest absolute Gasteiger partial charge is 0.339 e. The van der Waals surface area contributed by atoms with E-state index < -0.39 is 12.1 Å². The topological polar surface area (TPSA) is 70.7 Å². The average Bonchev–Trinajstić information content (AvgIpc) is 2.77. The van der Waals surface area contributed by atoms with E-state index in [-0.39, 0.29) is 11.3 Å². The third-order valence-electron chi connectivity index (χ3n) is 2.70. The van der Waals surface area contributed by atoms with Gasteiger partial charge in [0.1, 0.15) is 11.7 Å². The van der Waals surface area contributed by atoms with Crippen molar-refractivity contribution in [2.75, 3.05) is 0 Å². The van der Waals surface area contributed by atoms with Crippen LogP contribution in [0.15, 0.2) is 34.9 Å². The minimum absolute atomic E-state index is 0.0212. The Kier molecular flexibility index (Phi) is 3.41. The first kappa shape index (κ1) is 12.7. The predicted molar refractivity (Wildman–Crippen MR) is 65.9 cm³/mol. The molecule has 1 heterocycles. The summed E-state index contributed by atoms with van der Waals surface area (Å²) >= 11 is 5.83. The molecule has 0 aliphatic rings. The summed E-state index contributed by atoms with van der Waals surface area (Å²) < 4.78 is 5.06. The lowest BCUT2D eigenvalue weighted by atomic mass is 10.00. The maximum atomic E-state index is 11.0. The van der Waals surface area contributed by atoms with E-state index in [1.165, 1.54) is 12.3 Å². The molecule has 0 bridgehead atoms. The van der Waals surface area contributed by atoms with Gasteiger partial charge in [-0.25, -0.2) is 4.79 Å². The molecule has 0 aliphatic carbocycles. The molecule has 0 saturated carbocycles. The second-order valence-corrected chi connectivity index (χ2v) is 4.34. The monoisotopic (exact) mass is 266 g/mol. The molecule has 0 amide bonds. The van der Waals surface area contributed by atoms with Gasteiger partial charge in [0.15, 0.2) is 5.76 Å². The summed E-state index contributed by atoms with van der Waals surface area (Å²) in [6.45, 7) is 1.79. The maximum absolute atomic E-state index is 11.0. The summed E-state index contributed by atoms with van der Waals surface area (Å²) in [7, 11) is 0. The highest BCUT2D eigenvalue weighted by molar-refractivity contribution is 6.30. The van der Waals surface area contributed by atoms with Crippen LogP contribution in [0.5, 0.6) is 0 Å². The Balaban J connectivity index is 2.44. The summed E-state index contributed by atoms with van der Waals surface area (Å²) in [5.74, 6) is -1.11. The Bertz CT molecular complexity index is 588. The molecule has 1 aromatic carbocycles. The van der Waals surface area contributed by atoms with Crippen molar-refractivity contribution in [2.24, 2.45) is 0 Å². The molecule has 2 aromatic rings. The highest BCUT2D eigenvalue weighted by atomic mass is 35.5. The number of rotatable bonds is 3. The van der Waals surface area contributed by atoms with Crippen molar-refractivity contribution >= 4 is 17.6 Å². The van der Waals surface area contributed by atoms with Crippen molar-refractivity contribution in [3.05, 3.63) is 58.0 Å². The van der Waals surface area contributed by atoms with E-state index in [9.17, 15) is 9.90 Å². The van der Waals surface area contributed by atoms with Gasteiger partial charge >= 0.3 is 5.97 Å². The molecule has 1 unspecified atom stereocenters. The van der Waals surface area contributed by atoms with Gasteiger partial charge in [0.25, 0.3) is 0 Å². The summed E-state index contributed by atoms with van der Waals surface area (Å²) in [4.78, 5) is 11.0. The Morgan fingerprint density at radius 2 is 2.11 bits per heavy atom. The lowest BCUT2D eigenvalue weighted by molar-refractivity contribution is 0.0687. The number of hydrogen-bond donors (Lipinski definition) is 2. The molecule has 18 heavy (non-hydrogen) atoms. The normalized spacial score (nSPS) is 12.4. The van der Waals surface area contributed by atoms with E-state index in [0.717, 1.165) is 5.56 Å². The Morgan fingerprint density at radius 1 is 1.39 bits per heavy atom. The number of aryl methyl sites for hydroxylation is 1. The minimum Gasteiger partial charge on any atom is -0.478 e. The van der Waals surface area contributed by atoms with Crippen molar-refractivity contribution < 1.29 is 19.4 Å². The number of benzene rings is 1. The van der Waals surface area contributed by atoms with Gasteiger partial charge in [0.2, 0.25) is 0 Å². The fourth-order valence-electron chi connectivity index (χ4n) is 1.80. The number of aliphatic hydroxyl groups is 1. The van der Waals surface area contributed by atoms with Crippen LogP contribution >= 0.6 is 11.6 Å². The molecule has 1 atom stereocenters. The van der Waals surface area contributed by atoms with Crippen molar-refractivity contribution in [3.63, 3.8) is 0 Å². The van der Waals surface area contributed by atoms with Crippen LogP contribution in [0.4, 0.5) is 0 Å². The van der Waals surface area contributed by atoms with Gasteiger partial charge in [0, 0.05) is 5.02 Å². The molecule has 5 heteroatoms. The molecular formula is C13H11ClO4. The van der Waals surface area contributed by atoms with E-state index >= 15 is 0 Å². The fourth-order valence-corrected chi connectivity index (χ4v) is 2.02. The second kappa shape index (κ2) is 4.84. The number of aliphatic hydroxyl groups excluding tert-OH is 1. The molecule has 0 saturated heterocycles. The van der Waals surface area contributed by atoms with E-state index in [1.807, 2.05) is 0 Å². The molecular weight excluding hydrogens is 256 g/mol. The molecule has 94 valence electrons. The zero-order valence-electron chi connectivity index (χ0n) is 9.55. The third-order valence-corrected chi connectivity index (χ3v) is 2.94. The molecule has 0 fully saturated rings. The number of halogens is 1. The average molecular weight is 267 g/mol. The van der Waals surface area contributed by atoms with Crippen LogP contribution in [-0.4, -0.2) is 16.2 Å². The Morgan fingerprint density at radius 3 is 2.72 bits per heavy atom. The van der Waals surface area contributed by atoms with Crippen LogP contribution in [0.3, 0.4) is 0 Å². The molecule has 0 radical (unpaired) electrons. The van der Waals surface area contributed by atoms with Gasteiger partial charge in [-0.15, -0.1) is 0 Å².